The van der Waals surface area contributed by atoms with Crippen LogP contribution in [0.3, 0.4) is 0 Å². The molecule has 0 amide bonds. The van der Waals surface area contributed by atoms with Gasteiger partial charge in [0.15, 0.2) is 0 Å². The van der Waals surface area contributed by atoms with Gasteiger partial charge in [-0.2, -0.15) is 0 Å². The minimum absolute atomic E-state index is 1.18. The second-order valence-corrected chi connectivity index (χ2v) is 4.80. The van der Waals surface area contributed by atoms with Gasteiger partial charge in [0.05, 0.1) is 0 Å². The molecule has 0 spiro atoms. The Morgan fingerprint density at radius 2 is 1.33 bits per heavy atom. The molecule has 0 aromatic heterocycles. The van der Waals surface area contributed by atoms with E-state index < -0.39 is 0 Å². The van der Waals surface area contributed by atoms with E-state index in [2.05, 4.69) is 62.9 Å². The molecule has 0 atom stereocenters. The van der Waals surface area contributed by atoms with E-state index in [9.17, 15) is 0 Å². The monoisotopic (exact) mass is 232 g/mol. The molecule has 0 aliphatic rings. The van der Waals surface area contributed by atoms with Crippen molar-refractivity contribution < 1.29 is 0 Å². The van der Waals surface area contributed by atoms with Crippen molar-refractivity contribution in [2.24, 2.45) is 0 Å². The molecule has 3 aromatic rings. The van der Waals surface area contributed by atoms with Crippen molar-refractivity contribution in [3.8, 4) is 0 Å². The highest BCUT2D eigenvalue weighted by Gasteiger charge is 2.07. The van der Waals surface area contributed by atoms with Crippen molar-refractivity contribution in [1.29, 1.82) is 0 Å². The normalized spacial score (nSPS) is 11.0. The van der Waals surface area contributed by atoms with Crippen LogP contribution in [-0.2, 0) is 0 Å². The molecule has 18 heavy (non-hydrogen) atoms. The summed E-state index contributed by atoms with van der Waals surface area (Å²) in [6, 6.07) is 15.2. The summed E-state index contributed by atoms with van der Waals surface area (Å²) in [6.45, 7) is 8.26. The molecule has 0 heterocycles. The maximum atomic E-state index is 3.85. The fourth-order valence-corrected chi connectivity index (χ4v) is 2.75. The Hall–Kier alpha value is -2.08. The third-order valence-corrected chi connectivity index (χ3v) is 3.82. The molecule has 0 saturated carbocycles. The molecular weight excluding hydrogens is 216 g/mol. The van der Waals surface area contributed by atoms with Gasteiger partial charge in [0.1, 0.15) is 0 Å². The van der Waals surface area contributed by atoms with Crippen LogP contribution < -0.4 is 0 Å². The average Bonchev–Trinajstić information content (AvgIpc) is 2.44. The lowest BCUT2D eigenvalue weighted by atomic mass is 9.92. The zero-order valence-electron chi connectivity index (χ0n) is 10.8. The van der Waals surface area contributed by atoms with Crippen molar-refractivity contribution in [2.45, 2.75) is 13.8 Å². The van der Waals surface area contributed by atoms with Gasteiger partial charge in [-0.1, -0.05) is 49.1 Å². The van der Waals surface area contributed by atoms with Gasteiger partial charge in [-0.3, -0.25) is 0 Å². The van der Waals surface area contributed by atoms with E-state index in [4.69, 9.17) is 0 Å². The maximum absolute atomic E-state index is 3.85. The van der Waals surface area contributed by atoms with E-state index in [0.717, 1.165) is 0 Å². The third-order valence-electron chi connectivity index (χ3n) is 3.82. The lowest BCUT2D eigenvalue weighted by molar-refractivity contribution is 1.52. The summed E-state index contributed by atoms with van der Waals surface area (Å²) in [5.41, 5.74) is 3.90. The van der Waals surface area contributed by atoms with Gasteiger partial charge in [-0.15, -0.1) is 0 Å². The molecule has 0 aliphatic heterocycles. The van der Waals surface area contributed by atoms with E-state index >= 15 is 0 Å². The quantitative estimate of drug-likeness (QED) is 0.502. The second kappa shape index (κ2) is 3.99. The summed E-state index contributed by atoms with van der Waals surface area (Å²) in [6.07, 6.45) is 1.91. The molecule has 0 fully saturated rings. The SMILES string of the molecule is C=Cc1ccc2c(C)c3ccccc3c(C)c2c1. The summed E-state index contributed by atoms with van der Waals surface area (Å²) in [5, 5.41) is 5.39. The van der Waals surface area contributed by atoms with E-state index in [-0.39, 0.29) is 0 Å². The molecule has 0 unspecified atom stereocenters. The Morgan fingerprint density at radius 3 is 1.94 bits per heavy atom. The molecule has 0 nitrogen and oxygen atoms in total. The number of fused-ring (bicyclic) bond motifs is 2. The highest BCUT2D eigenvalue weighted by atomic mass is 14.1. The Balaban J connectivity index is 2.58. The number of aryl methyl sites for hydroxylation is 2. The molecule has 88 valence electrons. The minimum atomic E-state index is 1.18. The Labute approximate surface area is 108 Å². The summed E-state index contributed by atoms with van der Waals surface area (Å²) < 4.78 is 0. The van der Waals surface area contributed by atoms with Crippen LogP contribution in [0.25, 0.3) is 27.6 Å². The minimum Gasteiger partial charge on any atom is -0.0985 e. The van der Waals surface area contributed by atoms with Crippen LogP contribution in [-0.4, -0.2) is 0 Å². The van der Waals surface area contributed by atoms with Crippen molar-refractivity contribution in [2.75, 3.05) is 0 Å². The van der Waals surface area contributed by atoms with Crippen LogP contribution in [0.5, 0.6) is 0 Å². The first-order chi connectivity index (χ1) is 8.72. The lowest BCUT2D eigenvalue weighted by Gasteiger charge is -2.12. The number of benzene rings is 3. The summed E-state index contributed by atoms with van der Waals surface area (Å²) in [5.74, 6) is 0. The van der Waals surface area contributed by atoms with Crippen molar-refractivity contribution in [1.82, 2.24) is 0 Å². The fourth-order valence-electron chi connectivity index (χ4n) is 2.75. The number of hydrogen-bond donors (Lipinski definition) is 0. The number of hydrogen-bond acceptors (Lipinski definition) is 0. The Morgan fingerprint density at radius 1 is 0.778 bits per heavy atom. The third kappa shape index (κ3) is 1.46. The molecular formula is C18H16. The van der Waals surface area contributed by atoms with Gasteiger partial charge >= 0.3 is 0 Å². The highest BCUT2D eigenvalue weighted by molar-refractivity contribution is 6.05. The van der Waals surface area contributed by atoms with Gasteiger partial charge in [-0.05, 0) is 58.1 Å². The first-order valence-electron chi connectivity index (χ1n) is 6.26. The second-order valence-electron chi connectivity index (χ2n) is 4.80. The molecule has 3 aromatic carbocycles. The van der Waals surface area contributed by atoms with E-state index in [1.807, 2.05) is 6.08 Å². The fraction of sp³-hybridized carbons (Fsp3) is 0.111. The van der Waals surface area contributed by atoms with Gasteiger partial charge in [0.2, 0.25) is 0 Å². The van der Waals surface area contributed by atoms with Gasteiger partial charge < -0.3 is 0 Å². The standard InChI is InChI=1S/C18H16/c1-4-14-9-10-17-12(2)15-7-5-6-8-16(15)13(3)18(17)11-14/h4-11H,1H2,2-3H3. The first-order valence-corrected chi connectivity index (χ1v) is 6.26. The van der Waals surface area contributed by atoms with Crippen LogP contribution in [0.4, 0.5) is 0 Å². The smallest absolute Gasteiger partial charge is 0.0140 e. The van der Waals surface area contributed by atoms with Crippen molar-refractivity contribution in [3.63, 3.8) is 0 Å². The average molecular weight is 232 g/mol. The van der Waals surface area contributed by atoms with Crippen molar-refractivity contribution in [3.05, 3.63) is 65.7 Å². The predicted molar refractivity (Wildman–Crippen MR) is 81.0 cm³/mol. The highest BCUT2D eigenvalue weighted by Crippen LogP contribution is 2.32. The molecule has 0 N–H and O–H groups in total. The molecule has 3 rings (SSSR count). The van der Waals surface area contributed by atoms with E-state index in [1.165, 1.54) is 38.2 Å². The van der Waals surface area contributed by atoms with Crippen LogP contribution in [0.2, 0.25) is 0 Å². The van der Waals surface area contributed by atoms with Gasteiger partial charge in [-0.25, -0.2) is 0 Å². The summed E-state index contributed by atoms with van der Waals surface area (Å²) >= 11 is 0. The molecule has 0 saturated heterocycles. The topological polar surface area (TPSA) is 0 Å². The Kier molecular flexibility index (Phi) is 2.45. The Bertz CT molecular complexity index is 764. The molecule has 0 aliphatic carbocycles. The maximum Gasteiger partial charge on any atom is -0.0140 e. The zero-order valence-corrected chi connectivity index (χ0v) is 10.8. The number of rotatable bonds is 1. The van der Waals surface area contributed by atoms with E-state index in [1.54, 1.807) is 0 Å². The molecule has 0 bridgehead atoms. The predicted octanol–water partition coefficient (Wildman–Crippen LogP) is 5.25. The zero-order chi connectivity index (χ0) is 12.7. The lowest BCUT2D eigenvalue weighted by Crippen LogP contribution is -1.88. The van der Waals surface area contributed by atoms with Crippen LogP contribution >= 0.6 is 0 Å². The summed E-state index contributed by atoms with van der Waals surface area (Å²) in [4.78, 5) is 0. The van der Waals surface area contributed by atoms with Crippen LogP contribution in [0.1, 0.15) is 16.7 Å². The van der Waals surface area contributed by atoms with Gasteiger partial charge in [0.25, 0.3) is 0 Å². The largest absolute Gasteiger partial charge is 0.0985 e. The van der Waals surface area contributed by atoms with Crippen LogP contribution in [0, 0.1) is 13.8 Å². The molecule has 0 heteroatoms. The van der Waals surface area contributed by atoms with E-state index in [0.29, 0.717) is 0 Å². The summed E-state index contributed by atoms with van der Waals surface area (Å²) in [7, 11) is 0. The van der Waals surface area contributed by atoms with Crippen molar-refractivity contribution >= 4 is 27.6 Å². The van der Waals surface area contributed by atoms with Crippen LogP contribution in [0.15, 0.2) is 49.0 Å². The first kappa shape index (κ1) is 11.0. The van der Waals surface area contributed by atoms with Gasteiger partial charge in [0, 0.05) is 0 Å². The molecule has 0 radical (unpaired) electrons.